The third kappa shape index (κ3) is 3.63. The number of nitrogens with zero attached hydrogens (tertiary/aromatic N) is 3. The molecule has 0 spiro atoms. The van der Waals surface area contributed by atoms with Crippen molar-refractivity contribution in [2.24, 2.45) is 0 Å². The van der Waals surface area contributed by atoms with E-state index >= 15 is 0 Å². The third-order valence-electron chi connectivity index (χ3n) is 3.97. The van der Waals surface area contributed by atoms with E-state index in [0.29, 0.717) is 17.3 Å². The molecule has 7 heteroatoms. The van der Waals surface area contributed by atoms with Crippen molar-refractivity contribution in [1.82, 2.24) is 14.2 Å². The van der Waals surface area contributed by atoms with Gasteiger partial charge in [-0.15, -0.1) is 11.3 Å². The highest BCUT2D eigenvalue weighted by Crippen LogP contribution is 2.29. The van der Waals surface area contributed by atoms with Crippen molar-refractivity contribution in [1.29, 1.82) is 0 Å². The lowest BCUT2D eigenvalue weighted by Crippen LogP contribution is -2.48. The maximum atomic E-state index is 12.8. The zero-order chi connectivity index (χ0) is 16.3. The monoisotopic (exact) mass is 351 g/mol. The van der Waals surface area contributed by atoms with Crippen LogP contribution < -0.4 is 0 Å². The minimum absolute atomic E-state index is 0.334. The Morgan fingerprint density at radius 1 is 1.13 bits per heavy atom. The molecule has 0 bridgehead atoms. The quantitative estimate of drug-likeness (QED) is 0.831. The summed E-state index contributed by atoms with van der Waals surface area (Å²) in [5.41, 5.74) is 0.951. The van der Waals surface area contributed by atoms with Crippen LogP contribution in [0.5, 0.6) is 0 Å². The summed E-state index contributed by atoms with van der Waals surface area (Å²) in [4.78, 5) is 6.61. The molecule has 23 heavy (non-hydrogen) atoms. The smallest absolute Gasteiger partial charge is 0.254 e. The number of hydrogen-bond acceptors (Lipinski definition) is 5. The summed E-state index contributed by atoms with van der Waals surface area (Å²) in [6.07, 6.45) is 2.59. The molecule has 5 nitrogen and oxygen atoms in total. The van der Waals surface area contributed by atoms with Gasteiger partial charge in [0.1, 0.15) is 5.01 Å². The highest BCUT2D eigenvalue weighted by atomic mass is 32.2. The van der Waals surface area contributed by atoms with Crippen molar-refractivity contribution in [2.45, 2.75) is 17.6 Å². The summed E-state index contributed by atoms with van der Waals surface area (Å²) in [6, 6.07) is 9.68. The SMILES string of the molecule is CCCN1CCN(S(=O)(=O)c2cnc(-c3ccccc3)s2)CC1. The number of rotatable bonds is 5. The second-order valence-electron chi connectivity index (χ2n) is 5.60. The number of sulfonamides is 1. The van der Waals surface area contributed by atoms with Gasteiger partial charge in [-0.2, -0.15) is 4.31 Å². The van der Waals surface area contributed by atoms with E-state index in [2.05, 4.69) is 16.8 Å². The average molecular weight is 351 g/mol. The summed E-state index contributed by atoms with van der Waals surface area (Å²) in [5, 5.41) is 0.744. The summed E-state index contributed by atoms with van der Waals surface area (Å²) in [7, 11) is -3.42. The summed E-state index contributed by atoms with van der Waals surface area (Å²) in [5.74, 6) is 0. The Bertz CT molecular complexity index is 736. The highest BCUT2D eigenvalue weighted by Gasteiger charge is 2.30. The van der Waals surface area contributed by atoms with Gasteiger partial charge >= 0.3 is 0 Å². The van der Waals surface area contributed by atoms with Crippen LogP contribution in [0.15, 0.2) is 40.7 Å². The van der Waals surface area contributed by atoms with E-state index in [0.717, 1.165) is 36.6 Å². The van der Waals surface area contributed by atoms with Gasteiger partial charge in [0, 0.05) is 31.7 Å². The van der Waals surface area contributed by atoms with Crippen molar-refractivity contribution >= 4 is 21.4 Å². The normalized spacial score (nSPS) is 17.4. The van der Waals surface area contributed by atoms with Crippen LogP contribution in [-0.2, 0) is 10.0 Å². The van der Waals surface area contributed by atoms with Crippen LogP contribution in [0, 0.1) is 0 Å². The number of benzene rings is 1. The minimum atomic E-state index is -3.42. The maximum absolute atomic E-state index is 12.8. The standard InChI is InChI=1S/C16H21N3O2S2/c1-2-8-18-9-11-19(12-10-18)23(20,21)15-13-17-16(22-15)14-6-4-3-5-7-14/h3-7,13H,2,8-12H2,1H3. The second kappa shape index (κ2) is 7.09. The van der Waals surface area contributed by atoms with Gasteiger partial charge in [0.25, 0.3) is 10.0 Å². The molecular formula is C16H21N3O2S2. The second-order valence-corrected chi connectivity index (χ2v) is 8.79. The highest BCUT2D eigenvalue weighted by molar-refractivity contribution is 7.91. The molecule has 1 aliphatic rings. The van der Waals surface area contributed by atoms with Crippen LogP contribution in [0.2, 0.25) is 0 Å². The first-order chi connectivity index (χ1) is 11.1. The van der Waals surface area contributed by atoms with Gasteiger partial charge < -0.3 is 4.90 Å². The molecule has 0 saturated carbocycles. The lowest BCUT2D eigenvalue weighted by Gasteiger charge is -2.33. The van der Waals surface area contributed by atoms with Crippen molar-refractivity contribution < 1.29 is 8.42 Å². The predicted octanol–water partition coefficient (Wildman–Crippen LogP) is 2.53. The van der Waals surface area contributed by atoms with Crippen LogP contribution in [0.25, 0.3) is 10.6 Å². The zero-order valence-electron chi connectivity index (χ0n) is 13.2. The Hall–Kier alpha value is -1.28. The van der Waals surface area contributed by atoms with Gasteiger partial charge in [-0.25, -0.2) is 13.4 Å². The molecule has 0 atom stereocenters. The first-order valence-corrected chi connectivity index (χ1v) is 10.1. The van der Waals surface area contributed by atoms with Gasteiger partial charge in [-0.05, 0) is 13.0 Å². The topological polar surface area (TPSA) is 53.5 Å². The number of piperazine rings is 1. The van der Waals surface area contributed by atoms with E-state index in [1.165, 1.54) is 17.5 Å². The molecule has 0 aliphatic carbocycles. The lowest BCUT2D eigenvalue weighted by atomic mass is 10.2. The third-order valence-corrected chi connectivity index (χ3v) is 7.35. The fraction of sp³-hybridized carbons (Fsp3) is 0.438. The number of aromatic nitrogens is 1. The zero-order valence-corrected chi connectivity index (χ0v) is 14.8. The molecule has 1 aromatic carbocycles. The molecule has 1 fully saturated rings. The Morgan fingerprint density at radius 3 is 2.48 bits per heavy atom. The Balaban J connectivity index is 1.75. The summed E-state index contributed by atoms with van der Waals surface area (Å²) < 4.78 is 27.5. The molecule has 124 valence electrons. The fourth-order valence-electron chi connectivity index (χ4n) is 2.73. The van der Waals surface area contributed by atoms with Gasteiger partial charge in [0.15, 0.2) is 4.21 Å². The minimum Gasteiger partial charge on any atom is -0.301 e. The molecule has 3 rings (SSSR count). The van der Waals surface area contributed by atoms with Crippen LogP contribution in [0.3, 0.4) is 0 Å². The number of hydrogen-bond donors (Lipinski definition) is 0. The van der Waals surface area contributed by atoms with Crippen LogP contribution in [0.1, 0.15) is 13.3 Å². The molecule has 0 amide bonds. The molecule has 1 aromatic heterocycles. The van der Waals surface area contributed by atoms with Gasteiger partial charge in [0.05, 0.1) is 6.20 Å². The molecule has 0 unspecified atom stereocenters. The van der Waals surface area contributed by atoms with Crippen molar-refractivity contribution in [3.05, 3.63) is 36.5 Å². The van der Waals surface area contributed by atoms with E-state index in [-0.39, 0.29) is 0 Å². The Kier molecular flexibility index (Phi) is 5.11. The lowest BCUT2D eigenvalue weighted by molar-refractivity contribution is 0.189. The summed E-state index contributed by atoms with van der Waals surface area (Å²) >= 11 is 1.24. The Morgan fingerprint density at radius 2 is 1.83 bits per heavy atom. The fourth-order valence-corrected chi connectivity index (χ4v) is 5.44. The molecule has 0 radical (unpaired) electrons. The average Bonchev–Trinajstić information content (AvgIpc) is 3.07. The first kappa shape index (κ1) is 16.6. The van der Waals surface area contributed by atoms with E-state index in [4.69, 9.17) is 0 Å². The molecule has 0 N–H and O–H groups in total. The van der Waals surface area contributed by atoms with Crippen molar-refractivity contribution in [2.75, 3.05) is 32.7 Å². The van der Waals surface area contributed by atoms with E-state index in [9.17, 15) is 8.42 Å². The van der Waals surface area contributed by atoms with Crippen LogP contribution in [-0.4, -0.2) is 55.3 Å². The van der Waals surface area contributed by atoms with Crippen LogP contribution >= 0.6 is 11.3 Å². The molecular weight excluding hydrogens is 330 g/mol. The maximum Gasteiger partial charge on any atom is 0.254 e. The molecule has 2 heterocycles. The van der Waals surface area contributed by atoms with E-state index in [1.54, 1.807) is 4.31 Å². The molecule has 1 aliphatic heterocycles. The van der Waals surface area contributed by atoms with Gasteiger partial charge in [-0.1, -0.05) is 37.3 Å². The van der Waals surface area contributed by atoms with E-state index in [1.807, 2.05) is 30.3 Å². The summed E-state index contributed by atoms with van der Waals surface area (Å²) in [6.45, 7) is 5.90. The number of thiazole rings is 1. The van der Waals surface area contributed by atoms with Crippen LogP contribution in [0.4, 0.5) is 0 Å². The van der Waals surface area contributed by atoms with Crippen molar-refractivity contribution in [3.8, 4) is 10.6 Å². The van der Waals surface area contributed by atoms with Gasteiger partial charge in [0.2, 0.25) is 0 Å². The van der Waals surface area contributed by atoms with E-state index < -0.39 is 10.0 Å². The van der Waals surface area contributed by atoms with Gasteiger partial charge in [-0.3, -0.25) is 0 Å². The first-order valence-electron chi connectivity index (χ1n) is 7.85. The predicted molar refractivity (Wildman–Crippen MR) is 93.0 cm³/mol. The molecule has 1 saturated heterocycles. The van der Waals surface area contributed by atoms with Crippen molar-refractivity contribution in [3.63, 3.8) is 0 Å². The largest absolute Gasteiger partial charge is 0.301 e. The molecule has 2 aromatic rings. The Labute approximate surface area is 141 Å².